The molecule has 0 radical (unpaired) electrons. The lowest BCUT2D eigenvalue weighted by molar-refractivity contribution is 0.162. The molecule has 0 bridgehead atoms. The molecule has 0 amide bonds. The van der Waals surface area contributed by atoms with Crippen molar-refractivity contribution in [1.82, 2.24) is 5.32 Å². The summed E-state index contributed by atoms with van der Waals surface area (Å²) in [5.41, 5.74) is 11.2. The van der Waals surface area contributed by atoms with Crippen LogP contribution in [0.2, 0.25) is 0 Å². The Kier molecular flexibility index (Phi) is 33.2. The van der Waals surface area contributed by atoms with E-state index in [2.05, 4.69) is 79.5 Å². The van der Waals surface area contributed by atoms with Crippen LogP contribution < -0.4 is 16.4 Å². The molecule has 0 unspecified atom stereocenters. The third kappa shape index (κ3) is 24.5. The minimum Gasteiger partial charge on any atom is -0.388 e. The Hall–Kier alpha value is -3.60. The van der Waals surface area contributed by atoms with Crippen LogP contribution in [-0.2, 0) is 11.3 Å². The number of allylic oxidation sites excluding steroid dienone is 12. The molecule has 4 nitrogen and oxygen atoms in total. The van der Waals surface area contributed by atoms with Crippen molar-refractivity contribution in [2.45, 2.75) is 54.0 Å². The Bertz CT molecular complexity index is 916. The fourth-order valence-corrected chi connectivity index (χ4v) is 2.85. The van der Waals surface area contributed by atoms with E-state index in [4.69, 9.17) is 10.5 Å². The highest BCUT2D eigenvalue weighted by Gasteiger charge is 1.97. The van der Waals surface area contributed by atoms with Gasteiger partial charge in [0.25, 0.3) is 0 Å². The predicted molar refractivity (Wildman–Crippen MR) is 179 cm³/mol. The van der Waals surface area contributed by atoms with Gasteiger partial charge in [0.2, 0.25) is 0 Å². The fourth-order valence-electron chi connectivity index (χ4n) is 2.85. The molecule has 0 fully saturated rings. The lowest BCUT2D eigenvalue weighted by atomic mass is 10.1. The van der Waals surface area contributed by atoms with Gasteiger partial charge in [-0.1, -0.05) is 93.3 Å². The minimum atomic E-state index is 0.546. The summed E-state index contributed by atoms with van der Waals surface area (Å²) in [4.78, 5) is 0. The highest BCUT2D eigenvalue weighted by atomic mass is 16.5. The van der Waals surface area contributed by atoms with Crippen LogP contribution in [-0.4, -0.2) is 20.3 Å². The zero-order valence-electron chi connectivity index (χ0n) is 25.5. The van der Waals surface area contributed by atoms with Gasteiger partial charge in [-0.25, -0.2) is 0 Å². The van der Waals surface area contributed by atoms with Crippen LogP contribution >= 0.6 is 0 Å². The highest BCUT2D eigenvalue weighted by molar-refractivity contribution is 5.52. The number of benzene rings is 1. The normalized spacial score (nSPS) is 11.9. The average molecular weight is 534 g/mol. The Morgan fingerprint density at radius 3 is 2.31 bits per heavy atom. The molecule has 0 aliphatic heterocycles. The van der Waals surface area contributed by atoms with E-state index in [1.54, 1.807) is 12.2 Å². The van der Waals surface area contributed by atoms with Gasteiger partial charge in [0.1, 0.15) is 0 Å². The van der Waals surface area contributed by atoms with Crippen LogP contribution in [0.15, 0.2) is 134 Å². The van der Waals surface area contributed by atoms with Crippen LogP contribution in [0.5, 0.6) is 0 Å². The Morgan fingerprint density at radius 1 is 1.10 bits per heavy atom. The lowest BCUT2D eigenvalue weighted by Gasteiger charge is -2.07. The fraction of sp³-hybridized carbons (Fsp3) is 0.314. The van der Waals surface area contributed by atoms with Crippen molar-refractivity contribution in [3.63, 3.8) is 0 Å². The maximum atomic E-state index is 5.56. The molecule has 0 spiro atoms. The summed E-state index contributed by atoms with van der Waals surface area (Å²) < 4.78 is 4.83. The molecule has 0 heterocycles. The van der Waals surface area contributed by atoms with Crippen molar-refractivity contribution in [2.75, 3.05) is 25.6 Å². The first-order valence-corrected chi connectivity index (χ1v) is 13.7. The number of ether oxygens (including phenoxy) is 1. The van der Waals surface area contributed by atoms with Gasteiger partial charge in [0.15, 0.2) is 0 Å². The van der Waals surface area contributed by atoms with Crippen molar-refractivity contribution in [3.05, 3.63) is 140 Å². The molecule has 1 aromatic carbocycles. The summed E-state index contributed by atoms with van der Waals surface area (Å²) in [5, 5.41) is 6.37. The van der Waals surface area contributed by atoms with E-state index in [9.17, 15) is 0 Å². The summed E-state index contributed by atoms with van der Waals surface area (Å²) in [6, 6.07) is 7.97. The SMILES string of the molecule is C/C=C\C=C/CC1=CC=CC(NC)=CC1.C=C.C=C/C=C(/C=C)Nc1cccc(CN)c1.CC.CCOCC. The molecule has 216 valence electrons. The van der Waals surface area contributed by atoms with Crippen molar-refractivity contribution >= 4 is 5.69 Å². The summed E-state index contributed by atoms with van der Waals surface area (Å²) in [6.07, 6.45) is 24.4. The molecule has 2 rings (SSSR count). The van der Waals surface area contributed by atoms with Crippen LogP contribution in [0.4, 0.5) is 5.69 Å². The number of hydrogen-bond donors (Lipinski definition) is 3. The number of likely N-dealkylation sites (N-methyl/N-ethyl adjacent to an activating group) is 1. The van der Waals surface area contributed by atoms with Gasteiger partial charge in [-0.15, -0.1) is 13.2 Å². The number of anilines is 1. The second-order valence-electron chi connectivity index (χ2n) is 7.33. The van der Waals surface area contributed by atoms with E-state index in [0.29, 0.717) is 6.54 Å². The van der Waals surface area contributed by atoms with Crippen LogP contribution in [0.3, 0.4) is 0 Å². The first kappa shape index (κ1) is 39.9. The van der Waals surface area contributed by atoms with Crippen molar-refractivity contribution in [2.24, 2.45) is 5.73 Å². The monoisotopic (exact) mass is 533 g/mol. The number of hydrogen-bond acceptors (Lipinski definition) is 4. The van der Waals surface area contributed by atoms with Gasteiger partial charge < -0.3 is 21.1 Å². The maximum absolute atomic E-state index is 5.56. The molecule has 1 aliphatic rings. The van der Waals surface area contributed by atoms with E-state index < -0.39 is 0 Å². The van der Waals surface area contributed by atoms with Crippen molar-refractivity contribution in [1.29, 1.82) is 0 Å². The van der Waals surface area contributed by atoms with Gasteiger partial charge >= 0.3 is 0 Å². The number of rotatable bonds is 11. The molecule has 0 atom stereocenters. The molecule has 1 aliphatic carbocycles. The molecule has 0 aromatic heterocycles. The lowest BCUT2D eigenvalue weighted by Crippen LogP contribution is -2.02. The standard InChI is InChI=1S/C14H19N.C13H16N2.C4H10O.C2H6.C2H4/c1-3-4-5-6-8-13-9-7-10-14(15-2)12-11-13;1-3-6-12(4-2)15-13-8-5-7-11(9-13)10-14;1-3-5-4-2;2*1-2/h3-7,9-10,12,15H,8,11H2,1-2H3;3-9,15H,1-2,10,14H2;3-4H2,1-2H3;1-2H3;1-2H2/b4-3-,6-5-;12-6-;;;. The Labute approximate surface area is 240 Å². The van der Waals surface area contributed by atoms with E-state index in [0.717, 1.165) is 43.0 Å². The molecule has 4 N–H and O–H groups in total. The van der Waals surface area contributed by atoms with Crippen molar-refractivity contribution < 1.29 is 4.74 Å². The molecule has 4 heteroatoms. The van der Waals surface area contributed by atoms with Crippen molar-refractivity contribution in [3.8, 4) is 0 Å². The topological polar surface area (TPSA) is 59.3 Å². The third-order valence-electron chi connectivity index (χ3n) is 4.68. The molecular formula is C35H55N3O. The first-order chi connectivity index (χ1) is 19.1. The molecule has 39 heavy (non-hydrogen) atoms. The Balaban J connectivity index is -0.000000512. The highest BCUT2D eigenvalue weighted by Crippen LogP contribution is 2.14. The molecule has 1 aromatic rings. The van der Waals surface area contributed by atoms with Gasteiger partial charge in [-0.05, 0) is 69.5 Å². The van der Waals surface area contributed by atoms with Gasteiger partial charge in [0.05, 0.1) is 0 Å². The largest absolute Gasteiger partial charge is 0.388 e. The zero-order valence-corrected chi connectivity index (χ0v) is 25.5. The van der Waals surface area contributed by atoms with Gasteiger partial charge in [-0.2, -0.15) is 0 Å². The molecule has 0 saturated carbocycles. The first-order valence-electron chi connectivity index (χ1n) is 13.7. The summed E-state index contributed by atoms with van der Waals surface area (Å²) in [7, 11) is 1.95. The minimum absolute atomic E-state index is 0.546. The second kappa shape index (κ2) is 32.4. The zero-order chi connectivity index (χ0) is 30.2. The average Bonchev–Trinajstić information content (AvgIpc) is 3.23. The quantitative estimate of drug-likeness (QED) is 0.196. The van der Waals surface area contributed by atoms with Crippen LogP contribution in [0.1, 0.15) is 53.0 Å². The van der Waals surface area contributed by atoms with E-state index in [1.807, 2.05) is 78.1 Å². The van der Waals surface area contributed by atoms with Crippen LogP contribution in [0.25, 0.3) is 0 Å². The number of nitrogens with one attached hydrogen (secondary N) is 2. The van der Waals surface area contributed by atoms with E-state index >= 15 is 0 Å². The second-order valence-corrected chi connectivity index (χ2v) is 7.33. The van der Waals surface area contributed by atoms with E-state index in [-0.39, 0.29) is 0 Å². The summed E-state index contributed by atoms with van der Waals surface area (Å²) in [5.74, 6) is 0. The maximum Gasteiger partial charge on any atom is 0.0437 e. The Morgan fingerprint density at radius 2 is 1.79 bits per heavy atom. The number of nitrogens with two attached hydrogens (primary N) is 1. The van der Waals surface area contributed by atoms with Gasteiger partial charge in [-0.3, -0.25) is 0 Å². The third-order valence-corrected chi connectivity index (χ3v) is 4.68. The smallest absolute Gasteiger partial charge is 0.0437 e. The summed E-state index contributed by atoms with van der Waals surface area (Å²) in [6.45, 7) is 25.6. The van der Waals surface area contributed by atoms with E-state index in [1.165, 1.54) is 11.3 Å². The molecule has 0 saturated heterocycles. The van der Waals surface area contributed by atoms with Crippen LogP contribution in [0, 0.1) is 0 Å². The molecular weight excluding hydrogens is 478 g/mol. The predicted octanol–water partition coefficient (Wildman–Crippen LogP) is 9.18. The summed E-state index contributed by atoms with van der Waals surface area (Å²) >= 11 is 0. The van der Waals surface area contributed by atoms with Gasteiger partial charge in [0, 0.05) is 43.9 Å².